The van der Waals surface area contributed by atoms with Crippen molar-refractivity contribution in [3.8, 4) is 6.07 Å². The zero-order valence-electron chi connectivity index (χ0n) is 11.6. The fourth-order valence-electron chi connectivity index (χ4n) is 2.75. The Morgan fingerprint density at radius 1 is 1.23 bits per heavy atom. The van der Waals surface area contributed by atoms with E-state index in [9.17, 15) is 13.9 Å². The van der Waals surface area contributed by atoms with E-state index >= 15 is 0 Å². The summed E-state index contributed by atoms with van der Waals surface area (Å²) in [7, 11) is 0. The highest BCUT2D eigenvalue weighted by molar-refractivity contribution is 5.49. The van der Waals surface area contributed by atoms with Crippen LogP contribution < -0.4 is 4.90 Å². The first-order valence-corrected chi connectivity index (χ1v) is 6.84. The SMILES string of the molecule is N#Cc1ccnc(N2CC(O)CC2c2ccc(F)c(F)c2)c1. The second-order valence-corrected chi connectivity index (χ2v) is 5.25. The number of halogens is 2. The van der Waals surface area contributed by atoms with Crippen LogP contribution in [0.4, 0.5) is 14.6 Å². The monoisotopic (exact) mass is 301 g/mol. The van der Waals surface area contributed by atoms with E-state index < -0.39 is 17.7 Å². The molecule has 1 N–H and O–H groups in total. The zero-order valence-corrected chi connectivity index (χ0v) is 11.6. The van der Waals surface area contributed by atoms with Gasteiger partial charge in [0.1, 0.15) is 5.82 Å². The lowest BCUT2D eigenvalue weighted by Crippen LogP contribution is -2.25. The molecule has 0 saturated carbocycles. The van der Waals surface area contributed by atoms with E-state index in [0.29, 0.717) is 29.9 Å². The van der Waals surface area contributed by atoms with Crippen LogP contribution in [-0.2, 0) is 0 Å². The lowest BCUT2D eigenvalue weighted by Gasteiger charge is -2.25. The maximum Gasteiger partial charge on any atom is 0.159 e. The number of nitrogens with zero attached hydrogens (tertiary/aromatic N) is 3. The van der Waals surface area contributed by atoms with Gasteiger partial charge in [-0.3, -0.25) is 0 Å². The number of aliphatic hydroxyl groups excluding tert-OH is 1. The van der Waals surface area contributed by atoms with Gasteiger partial charge in [0.2, 0.25) is 0 Å². The molecule has 0 aliphatic carbocycles. The van der Waals surface area contributed by atoms with Crippen molar-refractivity contribution in [3.63, 3.8) is 0 Å². The summed E-state index contributed by atoms with van der Waals surface area (Å²) in [5.41, 5.74) is 1.02. The van der Waals surface area contributed by atoms with Crippen molar-refractivity contribution in [1.29, 1.82) is 5.26 Å². The molecule has 22 heavy (non-hydrogen) atoms. The molecular formula is C16H13F2N3O. The lowest BCUT2D eigenvalue weighted by molar-refractivity contribution is 0.194. The van der Waals surface area contributed by atoms with Crippen molar-refractivity contribution < 1.29 is 13.9 Å². The predicted octanol–water partition coefficient (Wildman–Crippen LogP) is 2.54. The van der Waals surface area contributed by atoms with Crippen LogP contribution in [0, 0.1) is 23.0 Å². The summed E-state index contributed by atoms with van der Waals surface area (Å²) in [4.78, 5) is 6.02. The number of nitriles is 1. The van der Waals surface area contributed by atoms with Gasteiger partial charge >= 0.3 is 0 Å². The molecule has 2 aromatic rings. The Morgan fingerprint density at radius 2 is 2.05 bits per heavy atom. The van der Waals surface area contributed by atoms with E-state index in [4.69, 9.17) is 5.26 Å². The summed E-state index contributed by atoms with van der Waals surface area (Å²) in [5.74, 6) is -1.29. The number of aliphatic hydroxyl groups is 1. The minimum absolute atomic E-state index is 0.313. The molecule has 3 rings (SSSR count). The lowest BCUT2D eigenvalue weighted by atomic mass is 10.0. The first-order valence-electron chi connectivity index (χ1n) is 6.84. The third-order valence-electron chi connectivity index (χ3n) is 3.78. The third-order valence-corrected chi connectivity index (χ3v) is 3.78. The fourth-order valence-corrected chi connectivity index (χ4v) is 2.75. The molecule has 2 heterocycles. The molecule has 4 nitrogen and oxygen atoms in total. The van der Waals surface area contributed by atoms with E-state index in [1.165, 1.54) is 12.3 Å². The molecule has 6 heteroatoms. The van der Waals surface area contributed by atoms with E-state index in [2.05, 4.69) is 4.98 Å². The summed E-state index contributed by atoms with van der Waals surface area (Å²) < 4.78 is 26.6. The van der Waals surface area contributed by atoms with Crippen molar-refractivity contribution in [2.75, 3.05) is 11.4 Å². The first kappa shape index (κ1) is 14.4. The van der Waals surface area contributed by atoms with Gasteiger partial charge in [0.05, 0.1) is 23.8 Å². The van der Waals surface area contributed by atoms with E-state index in [-0.39, 0.29) is 6.04 Å². The number of pyridine rings is 1. The van der Waals surface area contributed by atoms with Gasteiger partial charge in [0, 0.05) is 12.7 Å². The molecule has 1 saturated heterocycles. The Morgan fingerprint density at radius 3 is 2.77 bits per heavy atom. The van der Waals surface area contributed by atoms with Crippen molar-refractivity contribution in [3.05, 3.63) is 59.3 Å². The quantitative estimate of drug-likeness (QED) is 0.926. The summed E-state index contributed by atoms with van der Waals surface area (Å²) in [6.07, 6.45) is 1.32. The number of rotatable bonds is 2. The minimum Gasteiger partial charge on any atom is -0.391 e. The van der Waals surface area contributed by atoms with Crippen LogP contribution in [-0.4, -0.2) is 22.7 Å². The second kappa shape index (κ2) is 5.70. The second-order valence-electron chi connectivity index (χ2n) is 5.25. The Hall–Kier alpha value is -2.52. The first-order chi connectivity index (χ1) is 10.6. The largest absolute Gasteiger partial charge is 0.391 e. The highest BCUT2D eigenvalue weighted by atomic mass is 19.2. The minimum atomic E-state index is -0.919. The third kappa shape index (κ3) is 2.63. The van der Waals surface area contributed by atoms with Crippen molar-refractivity contribution >= 4 is 5.82 Å². The maximum absolute atomic E-state index is 13.5. The zero-order chi connectivity index (χ0) is 15.7. The summed E-state index contributed by atoms with van der Waals surface area (Å²) in [6.45, 7) is 0.325. The van der Waals surface area contributed by atoms with E-state index in [1.807, 2.05) is 6.07 Å². The van der Waals surface area contributed by atoms with Gasteiger partial charge in [-0.05, 0) is 36.2 Å². The van der Waals surface area contributed by atoms with Crippen LogP contribution in [0.25, 0.3) is 0 Å². The molecule has 2 atom stereocenters. The summed E-state index contributed by atoms with van der Waals surface area (Å²) in [5, 5.41) is 18.9. The average molecular weight is 301 g/mol. The number of aromatic nitrogens is 1. The van der Waals surface area contributed by atoms with Gasteiger partial charge in [-0.25, -0.2) is 13.8 Å². The average Bonchev–Trinajstić information content (AvgIpc) is 2.92. The smallest absolute Gasteiger partial charge is 0.159 e. The van der Waals surface area contributed by atoms with Crippen LogP contribution in [0.3, 0.4) is 0 Å². The molecule has 112 valence electrons. The van der Waals surface area contributed by atoms with Crippen molar-refractivity contribution in [2.45, 2.75) is 18.6 Å². The van der Waals surface area contributed by atoms with Gasteiger partial charge < -0.3 is 10.0 Å². The summed E-state index contributed by atoms with van der Waals surface area (Å²) >= 11 is 0. The number of hydrogen-bond donors (Lipinski definition) is 1. The Balaban J connectivity index is 1.98. The number of hydrogen-bond acceptors (Lipinski definition) is 4. The Bertz CT molecular complexity index is 744. The Labute approximate surface area is 126 Å². The molecule has 1 aliphatic rings. The van der Waals surface area contributed by atoms with Crippen LogP contribution >= 0.6 is 0 Å². The number of anilines is 1. The highest BCUT2D eigenvalue weighted by Gasteiger charge is 2.33. The van der Waals surface area contributed by atoms with Crippen LogP contribution in [0.15, 0.2) is 36.5 Å². The van der Waals surface area contributed by atoms with Crippen LogP contribution in [0.2, 0.25) is 0 Å². The maximum atomic E-state index is 13.5. The van der Waals surface area contributed by atoms with Gasteiger partial charge in [-0.15, -0.1) is 0 Å². The molecule has 0 spiro atoms. The number of β-amino-alcohol motifs (C(OH)–C–C–N with tert-alkyl or cyclic N) is 1. The molecule has 1 aromatic heterocycles. The fraction of sp³-hybridized carbons (Fsp3) is 0.250. The topological polar surface area (TPSA) is 60.2 Å². The van der Waals surface area contributed by atoms with Gasteiger partial charge in [0.15, 0.2) is 11.6 Å². The Kier molecular flexibility index (Phi) is 3.73. The molecule has 1 aromatic carbocycles. The van der Waals surface area contributed by atoms with E-state index in [0.717, 1.165) is 12.1 Å². The van der Waals surface area contributed by atoms with E-state index in [1.54, 1.807) is 17.0 Å². The normalized spacial score (nSPS) is 20.9. The summed E-state index contributed by atoms with van der Waals surface area (Å²) in [6, 6.07) is 8.64. The molecule has 0 amide bonds. The van der Waals surface area contributed by atoms with Crippen LogP contribution in [0.5, 0.6) is 0 Å². The molecule has 1 fully saturated rings. The van der Waals surface area contributed by atoms with Gasteiger partial charge in [-0.1, -0.05) is 6.07 Å². The van der Waals surface area contributed by atoms with Crippen LogP contribution in [0.1, 0.15) is 23.6 Å². The van der Waals surface area contributed by atoms with Crippen molar-refractivity contribution in [1.82, 2.24) is 4.98 Å². The molecule has 0 bridgehead atoms. The predicted molar refractivity (Wildman–Crippen MR) is 76.0 cm³/mol. The molecule has 2 unspecified atom stereocenters. The highest BCUT2D eigenvalue weighted by Crippen LogP contribution is 2.36. The van der Waals surface area contributed by atoms with Crippen molar-refractivity contribution in [2.24, 2.45) is 0 Å². The standard InChI is InChI=1S/C16H13F2N3O/c17-13-2-1-11(6-14(13)18)15-7-12(22)9-21(15)16-5-10(8-19)3-4-20-16/h1-6,12,15,22H,7,9H2. The van der Waals surface area contributed by atoms with Gasteiger partial charge in [0.25, 0.3) is 0 Å². The number of benzene rings is 1. The molecule has 1 aliphatic heterocycles. The van der Waals surface area contributed by atoms with Gasteiger partial charge in [-0.2, -0.15) is 5.26 Å². The molecular weight excluding hydrogens is 288 g/mol. The molecule has 0 radical (unpaired) electrons.